The predicted molar refractivity (Wildman–Crippen MR) is 76.5 cm³/mol. The van der Waals surface area contributed by atoms with Crippen molar-refractivity contribution < 1.29 is 14.3 Å². The van der Waals surface area contributed by atoms with Crippen LogP contribution in [0, 0.1) is 0 Å². The Morgan fingerprint density at radius 3 is 2.95 bits per heavy atom. The predicted octanol–water partition coefficient (Wildman–Crippen LogP) is 1.80. The van der Waals surface area contributed by atoms with Crippen molar-refractivity contribution in [3.63, 3.8) is 0 Å². The molecule has 20 heavy (non-hydrogen) atoms. The molecule has 0 spiro atoms. The van der Waals surface area contributed by atoms with Gasteiger partial charge in [0.25, 0.3) is 5.89 Å². The van der Waals surface area contributed by atoms with E-state index in [0.29, 0.717) is 24.9 Å². The number of hydrogen-bond donors (Lipinski definition) is 1. The number of ether oxygens (including phenoxy) is 1. The van der Waals surface area contributed by atoms with Gasteiger partial charge in [0.15, 0.2) is 0 Å². The SMILES string of the molecule is COCC(O)CN(C)C(C)c1nnc(-c2cccs2)o1. The van der Waals surface area contributed by atoms with Gasteiger partial charge in [-0.05, 0) is 25.4 Å². The maximum Gasteiger partial charge on any atom is 0.257 e. The number of thiophene rings is 1. The molecule has 0 fully saturated rings. The van der Waals surface area contributed by atoms with Gasteiger partial charge in [0, 0.05) is 13.7 Å². The number of nitrogens with zero attached hydrogens (tertiary/aromatic N) is 3. The number of methoxy groups -OCH3 is 1. The number of aliphatic hydroxyl groups excluding tert-OH is 1. The van der Waals surface area contributed by atoms with Crippen LogP contribution in [0.5, 0.6) is 0 Å². The molecule has 6 nitrogen and oxygen atoms in total. The Labute approximate surface area is 122 Å². The largest absolute Gasteiger partial charge is 0.418 e. The molecule has 2 aromatic heterocycles. The van der Waals surface area contributed by atoms with Crippen molar-refractivity contribution in [1.82, 2.24) is 15.1 Å². The van der Waals surface area contributed by atoms with E-state index in [1.807, 2.05) is 36.4 Å². The van der Waals surface area contributed by atoms with Gasteiger partial charge in [0.05, 0.1) is 23.6 Å². The zero-order valence-corrected chi connectivity index (χ0v) is 12.6. The summed E-state index contributed by atoms with van der Waals surface area (Å²) >= 11 is 1.56. The highest BCUT2D eigenvalue weighted by Gasteiger charge is 2.21. The summed E-state index contributed by atoms with van der Waals surface area (Å²) in [5.74, 6) is 1.08. The zero-order valence-electron chi connectivity index (χ0n) is 11.8. The Kier molecular flexibility index (Phi) is 5.24. The summed E-state index contributed by atoms with van der Waals surface area (Å²) in [6.45, 7) is 2.75. The van der Waals surface area contributed by atoms with Gasteiger partial charge in [-0.1, -0.05) is 6.07 Å². The van der Waals surface area contributed by atoms with Gasteiger partial charge < -0.3 is 14.3 Å². The first-order valence-electron chi connectivity index (χ1n) is 6.36. The topological polar surface area (TPSA) is 71.6 Å². The summed E-state index contributed by atoms with van der Waals surface area (Å²) in [5, 5.41) is 19.8. The highest BCUT2D eigenvalue weighted by molar-refractivity contribution is 7.13. The van der Waals surface area contributed by atoms with Crippen LogP contribution in [0.2, 0.25) is 0 Å². The molecule has 2 unspecified atom stereocenters. The van der Waals surface area contributed by atoms with Gasteiger partial charge in [-0.3, -0.25) is 4.90 Å². The van der Waals surface area contributed by atoms with Gasteiger partial charge in [0.1, 0.15) is 0 Å². The molecule has 0 radical (unpaired) electrons. The number of hydrogen-bond acceptors (Lipinski definition) is 7. The van der Waals surface area contributed by atoms with Crippen LogP contribution in [-0.4, -0.2) is 53.6 Å². The quantitative estimate of drug-likeness (QED) is 0.840. The van der Waals surface area contributed by atoms with E-state index in [1.165, 1.54) is 0 Å². The molecule has 110 valence electrons. The van der Waals surface area contributed by atoms with Crippen LogP contribution < -0.4 is 0 Å². The van der Waals surface area contributed by atoms with E-state index in [0.717, 1.165) is 4.88 Å². The lowest BCUT2D eigenvalue weighted by Crippen LogP contribution is -2.33. The van der Waals surface area contributed by atoms with E-state index in [1.54, 1.807) is 18.4 Å². The second-order valence-electron chi connectivity index (χ2n) is 4.65. The Morgan fingerprint density at radius 1 is 1.50 bits per heavy atom. The summed E-state index contributed by atoms with van der Waals surface area (Å²) in [6.07, 6.45) is -0.535. The molecular weight excluding hydrogens is 278 g/mol. The van der Waals surface area contributed by atoms with Gasteiger partial charge in [0.2, 0.25) is 5.89 Å². The van der Waals surface area contributed by atoms with E-state index >= 15 is 0 Å². The summed E-state index contributed by atoms with van der Waals surface area (Å²) in [6, 6.07) is 3.82. The minimum absolute atomic E-state index is 0.0669. The van der Waals surface area contributed by atoms with Crippen molar-refractivity contribution in [2.75, 3.05) is 27.3 Å². The van der Waals surface area contributed by atoms with E-state index in [9.17, 15) is 5.11 Å². The molecule has 0 aromatic carbocycles. The molecule has 2 atom stereocenters. The van der Waals surface area contributed by atoms with E-state index < -0.39 is 6.10 Å². The molecule has 2 rings (SSSR count). The molecule has 0 saturated carbocycles. The fourth-order valence-corrected chi connectivity index (χ4v) is 2.47. The minimum atomic E-state index is -0.535. The van der Waals surface area contributed by atoms with Crippen molar-refractivity contribution in [2.24, 2.45) is 0 Å². The molecule has 2 heterocycles. The van der Waals surface area contributed by atoms with Crippen molar-refractivity contribution in [1.29, 1.82) is 0 Å². The van der Waals surface area contributed by atoms with Crippen molar-refractivity contribution in [3.8, 4) is 10.8 Å². The van der Waals surface area contributed by atoms with E-state index in [4.69, 9.17) is 9.15 Å². The van der Waals surface area contributed by atoms with Crippen molar-refractivity contribution >= 4 is 11.3 Å². The first kappa shape index (κ1) is 15.1. The highest BCUT2D eigenvalue weighted by atomic mass is 32.1. The molecule has 0 bridgehead atoms. The van der Waals surface area contributed by atoms with E-state index in [2.05, 4.69) is 10.2 Å². The minimum Gasteiger partial charge on any atom is -0.418 e. The molecule has 0 aliphatic rings. The second kappa shape index (κ2) is 6.94. The third kappa shape index (κ3) is 3.63. The second-order valence-corrected chi connectivity index (χ2v) is 5.60. The standard InChI is InChI=1S/C13H19N3O3S/c1-9(16(2)7-10(17)8-18-3)12-14-15-13(19-12)11-5-4-6-20-11/h4-6,9-10,17H,7-8H2,1-3H3. The van der Waals surface area contributed by atoms with Gasteiger partial charge in [-0.15, -0.1) is 21.5 Å². The maximum absolute atomic E-state index is 9.74. The molecular formula is C13H19N3O3S. The fourth-order valence-electron chi connectivity index (χ4n) is 1.83. The van der Waals surface area contributed by atoms with Crippen LogP contribution in [0.25, 0.3) is 10.8 Å². The Balaban J connectivity index is 2.00. The monoisotopic (exact) mass is 297 g/mol. The third-order valence-corrected chi connectivity index (χ3v) is 3.91. The van der Waals surface area contributed by atoms with Gasteiger partial charge in [-0.25, -0.2) is 0 Å². The average molecular weight is 297 g/mol. The highest BCUT2D eigenvalue weighted by Crippen LogP contribution is 2.26. The van der Waals surface area contributed by atoms with Gasteiger partial charge in [-0.2, -0.15) is 0 Å². The lowest BCUT2D eigenvalue weighted by Gasteiger charge is -2.24. The molecule has 1 N–H and O–H groups in total. The number of likely N-dealkylation sites (N-methyl/N-ethyl adjacent to an activating group) is 1. The van der Waals surface area contributed by atoms with Crippen molar-refractivity contribution in [3.05, 3.63) is 23.4 Å². The summed E-state index contributed by atoms with van der Waals surface area (Å²) < 4.78 is 10.6. The van der Waals surface area contributed by atoms with Crippen LogP contribution in [-0.2, 0) is 4.74 Å². The molecule has 0 aliphatic carbocycles. The maximum atomic E-state index is 9.74. The van der Waals surface area contributed by atoms with Crippen molar-refractivity contribution in [2.45, 2.75) is 19.1 Å². The zero-order chi connectivity index (χ0) is 14.5. The van der Waals surface area contributed by atoms with Gasteiger partial charge >= 0.3 is 0 Å². The average Bonchev–Trinajstić information content (AvgIpc) is 3.08. The molecule has 2 aromatic rings. The molecule has 7 heteroatoms. The van der Waals surface area contributed by atoms with Crippen LogP contribution in [0.3, 0.4) is 0 Å². The number of aromatic nitrogens is 2. The smallest absolute Gasteiger partial charge is 0.257 e. The molecule has 0 saturated heterocycles. The molecule has 0 aliphatic heterocycles. The number of aliphatic hydroxyl groups is 1. The lowest BCUT2D eigenvalue weighted by atomic mass is 10.2. The van der Waals surface area contributed by atoms with Crippen LogP contribution in [0.4, 0.5) is 0 Å². The fraction of sp³-hybridized carbons (Fsp3) is 0.538. The summed E-state index contributed by atoms with van der Waals surface area (Å²) in [5.41, 5.74) is 0. The van der Waals surface area contributed by atoms with E-state index in [-0.39, 0.29) is 6.04 Å². The Hall–Kier alpha value is -1.28. The third-order valence-electron chi connectivity index (χ3n) is 3.05. The lowest BCUT2D eigenvalue weighted by molar-refractivity contribution is 0.0332. The number of rotatable bonds is 7. The first-order valence-corrected chi connectivity index (χ1v) is 7.24. The van der Waals surface area contributed by atoms with Crippen LogP contribution >= 0.6 is 11.3 Å². The first-order chi connectivity index (χ1) is 9.61. The Morgan fingerprint density at radius 2 is 2.30 bits per heavy atom. The van der Waals surface area contributed by atoms with Crippen LogP contribution in [0.1, 0.15) is 18.9 Å². The summed E-state index contributed by atoms with van der Waals surface area (Å²) in [4.78, 5) is 2.91. The normalized spacial score (nSPS) is 14.7. The Bertz CT molecular complexity index is 515. The summed E-state index contributed by atoms with van der Waals surface area (Å²) in [7, 11) is 3.47. The van der Waals surface area contributed by atoms with Crippen LogP contribution in [0.15, 0.2) is 21.9 Å². The molecule has 0 amide bonds.